The van der Waals surface area contributed by atoms with Crippen LogP contribution in [0.1, 0.15) is 17.0 Å². The van der Waals surface area contributed by atoms with Crippen LogP contribution in [0.25, 0.3) is 0 Å². The zero-order chi connectivity index (χ0) is 17.8. The van der Waals surface area contributed by atoms with Gasteiger partial charge in [-0.2, -0.15) is 0 Å². The van der Waals surface area contributed by atoms with Gasteiger partial charge in [0.25, 0.3) is 0 Å². The lowest BCUT2D eigenvalue weighted by molar-refractivity contribution is 0.491. The van der Waals surface area contributed by atoms with E-state index in [2.05, 4.69) is 10.3 Å². The normalized spacial score (nSPS) is 11.0. The van der Waals surface area contributed by atoms with E-state index in [1.54, 1.807) is 18.3 Å². The van der Waals surface area contributed by atoms with E-state index in [1.807, 2.05) is 22.9 Å². The van der Waals surface area contributed by atoms with Crippen LogP contribution in [0.5, 0.6) is 0 Å². The van der Waals surface area contributed by atoms with Gasteiger partial charge in [-0.3, -0.25) is 0 Å². The maximum absolute atomic E-state index is 13.6. The molecule has 2 aromatic carbocycles. The van der Waals surface area contributed by atoms with Crippen molar-refractivity contribution in [2.45, 2.75) is 19.6 Å². The molecule has 0 aliphatic heterocycles. The van der Waals surface area contributed by atoms with Crippen molar-refractivity contribution in [2.75, 3.05) is 0 Å². The van der Waals surface area contributed by atoms with Gasteiger partial charge in [0.05, 0.1) is 6.54 Å². The number of nitrogens with one attached hydrogen (secondary N) is 1. The first-order valence-electron chi connectivity index (χ1n) is 7.61. The van der Waals surface area contributed by atoms with Crippen LogP contribution in [0.3, 0.4) is 0 Å². The Balaban J connectivity index is 1.65. The van der Waals surface area contributed by atoms with Crippen molar-refractivity contribution in [1.29, 1.82) is 0 Å². The van der Waals surface area contributed by atoms with E-state index in [0.29, 0.717) is 23.1 Å². The molecule has 0 amide bonds. The number of benzene rings is 2. The monoisotopic (exact) mass is 381 g/mol. The molecule has 130 valence electrons. The molecule has 0 radical (unpaired) electrons. The number of halogens is 4. The van der Waals surface area contributed by atoms with Crippen LogP contribution in [-0.4, -0.2) is 9.55 Å². The van der Waals surface area contributed by atoms with Crippen LogP contribution in [0, 0.1) is 11.6 Å². The summed E-state index contributed by atoms with van der Waals surface area (Å²) in [5.41, 5.74) is 1.23. The molecule has 0 aliphatic rings. The summed E-state index contributed by atoms with van der Waals surface area (Å²) >= 11 is 12.0. The van der Waals surface area contributed by atoms with Gasteiger partial charge >= 0.3 is 0 Å². The summed E-state index contributed by atoms with van der Waals surface area (Å²) in [5.74, 6) is -0.904. The first-order valence-corrected chi connectivity index (χ1v) is 8.37. The van der Waals surface area contributed by atoms with E-state index in [9.17, 15) is 8.78 Å². The Labute approximate surface area is 154 Å². The minimum atomic E-state index is -0.848. The molecule has 0 spiro atoms. The Morgan fingerprint density at radius 2 is 1.80 bits per heavy atom. The van der Waals surface area contributed by atoms with Gasteiger partial charge in [0, 0.05) is 41.1 Å². The molecule has 3 aromatic rings. The molecule has 0 atom stereocenters. The van der Waals surface area contributed by atoms with Crippen LogP contribution in [0.4, 0.5) is 8.78 Å². The number of imidazole rings is 1. The predicted octanol–water partition coefficient (Wildman–Crippen LogP) is 4.81. The molecule has 0 aliphatic carbocycles. The van der Waals surface area contributed by atoms with Gasteiger partial charge < -0.3 is 9.88 Å². The van der Waals surface area contributed by atoms with Gasteiger partial charge in [0.15, 0.2) is 11.6 Å². The summed E-state index contributed by atoms with van der Waals surface area (Å²) in [6.45, 7) is 1.18. The summed E-state index contributed by atoms with van der Waals surface area (Å²) in [6.07, 6.45) is 3.53. The minimum Gasteiger partial charge on any atom is -0.329 e. The van der Waals surface area contributed by atoms with Crippen molar-refractivity contribution in [3.8, 4) is 0 Å². The molecular formula is C18H15Cl2F2N3. The molecule has 1 N–H and O–H groups in total. The third kappa shape index (κ3) is 4.57. The molecular weight excluding hydrogens is 367 g/mol. The smallest absolute Gasteiger partial charge is 0.163 e. The maximum Gasteiger partial charge on any atom is 0.163 e. The second kappa shape index (κ2) is 7.95. The topological polar surface area (TPSA) is 29.9 Å². The quantitative estimate of drug-likeness (QED) is 0.664. The first kappa shape index (κ1) is 17.9. The Bertz CT molecular complexity index is 860. The van der Waals surface area contributed by atoms with Crippen LogP contribution in [0.2, 0.25) is 10.0 Å². The van der Waals surface area contributed by atoms with Gasteiger partial charge in [-0.25, -0.2) is 13.8 Å². The maximum atomic E-state index is 13.6. The van der Waals surface area contributed by atoms with Crippen molar-refractivity contribution in [2.24, 2.45) is 0 Å². The highest BCUT2D eigenvalue weighted by Crippen LogP contribution is 2.20. The zero-order valence-electron chi connectivity index (χ0n) is 13.1. The Kier molecular flexibility index (Phi) is 5.68. The zero-order valence-corrected chi connectivity index (χ0v) is 14.7. The number of rotatable bonds is 6. The van der Waals surface area contributed by atoms with Gasteiger partial charge in [-0.05, 0) is 29.8 Å². The highest BCUT2D eigenvalue weighted by atomic mass is 35.5. The minimum absolute atomic E-state index is 0.208. The SMILES string of the molecule is Fc1cccc(CNCc2nccn2Cc2cc(Cl)cc(Cl)c2)c1F. The highest BCUT2D eigenvalue weighted by Gasteiger charge is 2.09. The number of hydrogen-bond donors (Lipinski definition) is 1. The molecule has 1 aromatic heterocycles. The summed E-state index contributed by atoms with van der Waals surface area (Å²) in [5, 5.41) is 4.23. The van der Waals surface area contributed by atoms with Crippen molar-refractivity contribution < 1.29 is 8.78 Å². The third-order valence-corrected chi connectivity index (χ3v) is 4.14. The molecule has 25 heavy (non-hydrogen) atoms. The molecule has 0 bridgehead atoms. The van der Waals surface area contributed by atoms with Crippen LogP contribution < -0.4 is 5.32 Å². The third-order valence-electron chi connectivity index (χ3n) is 3.71. The summed E-state index contributed by atoms with van der Waals surface area (Å²) in [4.78, 5) is 4.30. The highest BCUT2D eigenvalue weighted by molar-refractivity contribution is 6.34. The summed E-state index contributed by atoms with van der Waals surface area (Å²) < 4.78 is 28.8. The first-order chi connectivity index (χ1) is 12.0. The fourth-order valence-electron chi connectivity index (χ4n) is 2.54. The number of aromatic nitrogens is 2. The second-order valence-electron chi connectivity index (χ2n) is 5.57. The average Bonchev–Trinajstić information content (AvgIpc) is 2.97. The molecule has 3 rings (SSSR count). The lowest BCUT2D eigenvalue weighted by Gasteiger charge is -2.10. The summed E-state index contributed by atoms with van der Waals surface area (Å²) in [6, 6.07) is 9.49. The Morgan fingerprint density at radius 1 is 1.04 bits per heavy atom. The van der Waals surface area contributed by atoms with E-state index >= 15 is 0 Å². The molecule has 0 unspecified atom stereocenters. The van der Waals surface area contributed by atoms with Crippen molar-refractivity contribution >= 4 is 23.2 Å². The predicted molar refractivity (Wildman–Crippen MR) is 94.7 cm³/mol. The molecule has 3 nitrogen and oxygen atoms in total. The van der Waals surface area contributed by atoms with E-state index in [1.165, 1.54) is 6.07 Å². The molecule has 0 saturated heterocycles. The Morgan fingerprint density at radius 3 is 2.56 bits per heavy atom. The van der Waals surface area contributed by atoms with Gasteiger partial charge in [-0.1, -0.05) is 35.3 Å². The van der Waals surface area contributed by atoms with Crippen LogP contribution >= 0.6 is 23.2 Å². The van der Waals surface area contributed by atoms with E-state index in [4.69, 9.17) is 23.2 Å². The molecule has 7 heteroatoms. The van der Waals surface area contributed by atoms with Crippen molar-refractivity contribution in [3.05, 3.63) is 87.4 Å². The lowest BCUT2D eigenvalue weighted by atomic mass is 10.2. The van der Waals surface area contributed by atoms with Crippen LogP contribution in [0.15, 0.2) is 48.8 Å². The van der Waals surface area contributed by atoms with Crippen molar-refractivity contribution in [1.82, 2.24) is 14.9 Å². The number of hydrogen-bond acceptors (Lipinski definition) is 2. The molecule has 0 saturated carbocycles. The lowest BCUT2D eigenvalue weighted by Crippen LogP contribution is -2.18. The number of nitrogens with zero attached hydrogens (tertiary/aromatic N) is 2. The van der Waals surface area contributed by atoms with Gasteiger partial charge in [0.1, 0.15) is 5.82 Å². The summed E-state index contributed by atoms with van der Waals surface area (Å²) in [7, 11) is 0. The van der Waals surface area contributed by atoms with Gasteiger partial charge in [-0.15, -0.1) is 0 Å². The van der Waals surface area contributed by atoms with E-state index in [0.717, 1.165) is 17.5 Å². The second-order valence-corrected chi connectivity index (χ2v) is 6.44. The average molecular weight is 382 g/mol. The Hall–Kier alpha value is -1.95. The van der Waals surface area contributed by atoms with Crippen molar-refractivity contribution in [3.63, 3.8) is 0 Å². The standard InChI is InChI=1S/C18H15Cl2F2N3/c19-14-6-12(7-15(20)8-14)11-25-5-4-24-17(25)10-23-9-13-2-1-3-16(21)18(13)22/h1-8,23H,9-11H2. The van der Waals surface area contributed by atoms with Gasteiger partial charge in [0.2, 0.25) is 0 Å². The van der Waals surface area contributed by atoms with Crippen LogP contribution in [-0.2, 0) is 19.6 Å². The van der Waals surface area contributed by atoms with E-state index in [-0.39, 0.29) is 12.1 Å². The van der Waals surface area contributed by atoms with E-state index < -0.39 is 11.6 Å². The fraction of sp³-hybridized carbons (Fsp3) is 0.167. The molecule has 1 heterocycles. The largest absolute Gasteiger partial charge is 0.329 e. The fourth-order valence-corrected chi connectivity index (χ4v) is 3.12. The molecule has 0 fully saturated rings.